The van der Waals surface area contributed by atoms with Crippen molar-refractivity contribution in [3.63, 3.8) is 0 Å². The zero-order valence-corrected chi connectivity index (χ0v) is 17.8. The van der Waals surface area contributed by atoms with Crippen molar-refractivity contribution in [2.75, 3.05) is 0 Å². The Morgan fingerprint density at radius 3 is 2.61 bits per heavy atom. The first-order valence-electron chi connectivity index (χ1n) is 10.2. The van der Waals surface area contributed by atoms with Gasteiger partial charge in [-0.1, -0.05) is 44.2 Å². The number of nitrogens with zero attached hydrogens (tertiary/aromatic N) is 3. The molecule has 6 heteroatoms. The summed E-state index contributed by atoms with van der Waals surface area (Å²) >= 11 is 0. The molecule has 0 radical (unpaired) electrons. The predicted octanol–water partition coefficient (Wildman–Crippen LogP) is 3.94. The van der Waals surface area contributed by atoms with Crippen molar-refractivity contribution in [1.82, 2.24) is 9.55 Å². The fraction of sp³-hybridized carbons (Fsp3) is 0.240. The highest BCUT2D eigenvalue weighted by atomic mass is 16.5. The van der Waals surface area contributed by atoms with Crippen molar-refractivity contribution in [2.45, 2.75) is 39.2 Å². The van der Waals surface area contributed by atoms with Gasteiger partial charge < -0.3 is 15.0 Å². The lowest BCUT2D eigenvalue weighted by atomic mass is 9.83. The number of nitrogens with two attached hydrogens (primary N) is 1. The van der Waals surface area contributed by atoms with E-state index in [1.165, 1.54) is 5.56 Å². The van der Waals surface area contributed by atoms with Gasteiger partial charge in [-0.15, -0.1) is 0 Å². The second-order valence-corrected chi connectivity index (χ2v) is 8.06. The second kappa shape index (κ2) is 8.11. The summed E-state index contributed by atoms with van der Waals surface area (Å²) in [5.74, 6) is 0.241. The van der Waals surface area contributed by atoms with Crippen molar-refractivity contribution in [3.8, 4) is 11.8 Å². The van der Waals surface area contributed by atoms with Crippen LogP contribution in [0.1, 0.15) is 53.6 Å². The van der Waals surface area contributed by atoms with Crippen LogP contribution in [0.4, 0.5) is 0 Å². The lowest BCUT2D eigenvalue weighted by Gasteiger charge is -2.27. The summed E-state index contributed by atoms with van der Waals surface area (Å²) in [6.45, 7) is 6.48. The Kier molecular flexibility index (Phi) is 5.35. The molecule has 0 spiro atoms. The first-order valence-corrected chi connectivity index (χ1v) is 10.2. The molecule has 1 aromatic carbocycles. The van der Waals surface area contributed by atoms with E-state index in [-0.39, 0.29) is 17.0 Å². The molecule has 0 saturated carbocycles. The molecule has 3 heterocycles. The molecule has 0 saturated heterocycles. The van der Waals surface area contributed by atoms with Gasteiger partial charge in [-0.2, -0.15) is 5.26 Å². The Labute approximate surface area is 181 Å². The van der Waals surface area contributed by atoms with Crippen LogP contribution in [0.5, 0.6) is 5.75 Å². The molecule has 6 nitrogen and oxygen atoms in total. The van der Waals surface area contributed by atoms with Gasteiger partial charge in [0.1, 0.15) is 17.4 Å². The van der Waals surface area contributed by atoms with Crippen LogP contribution in [0.15, 0.2) is 71.1 Å². The molecule has 0 fully saturated rings. The molecular weight excluding hydrogens is 388 g/mol. The van der Waals surface area contributed by atoms with Gasteiger partial charge in [-0.25, -0.2) is 0 Å². The summed E-state index contributed by atoms with van der Waals surface area (Å²) < 4.78 is 7.41. The van der Waals surface area contributed by atoms with Crippen molar-refractivity contribution in [1.29, 1.82) is 5.26 Å². The lowest BCUT2D eigenvalue weighted by molar-refractivity contribution is 0.389. The number of fused-ring (bicyclic) bond motifs is 1. The van der Waals surface area contributed by atoms with Crippen molar-refractivity contribution >= 4 is 0 Å². The van der Waals surface area contributed by atoms with Crippen LogP contribution in [-0.2, 0) is 6.54 Å². The summed E-state index contributed by atoms with van der Waals surface area (Å²) in [7, 11) is 0. The number of allylic oxidation sites excluding steroid dienone is 1. The fourth-order valence-corrected chi connectivity index (χ4v) is 3.96. The van der Waals surface area contributed by atoms with Crippen LogP contribution < -0.4 is 16.0 Å². The van der Waals surface area contributed by atoms with E-state index in [0.29, 0.717) is 23.8 Å². The van der Waals surface area contributed by atoms with Crippen molar-refractivity contribution in [3.05, 3.63) is 105 Å². The average molecular weight is 412 g/mol. The number of nitriles is 1. The number of hydrogen-bond donors (Lipinski definition) is 1. The maximum atomic E-state index is 13.7. The Morgan fingerprint density at radius 1 is 1.26 bits per heavy atom. The largest absolute Gasteiger partial charge is 0.440 e. The Morgan fingerprint density at radius 2 is 2.00 bits per heavy atom. The highest BCUT2D eigenvalue weighted by molar-refractivity contribution is 5.55. The molecule has 2 N–H and O–H groups in total. The number of ether oxygens (including phenoxy) is 1. The number of aryl methyl sites for hydroxylation is 1. The molecule has 156 valence electrons. The third-order valence-electron chi connectivity index (χ3n) is 5.69. The van der Waals surface area contributed by atoms with Crippen molar-refractivity contribution < 1.29 is 4.74 Å². The maximum absolute atomic E-state index is 13.7. The smallest absolute Gasteiger partial charge is 0.259 e. The van der Waals surface area contributed by atoms with Gasteiger partial charge in [0, 0.05) is 24.2 Å². The van der Waals surface area contributed by atoms with E-state index in [9.17, 15) is 10.1 Å². The molecule has 0 bridgehead atoms. The first-order chi connectivity index (χ1) is 14.9. The van der Waals surface area contributed by atoms with Gasteiger partial charge in [0.15, 0.2) is 0 Å². The molecule has 1 aliphatic heterocycles. The van der Waals surface area contributed by atoms with E-state index in [1.807, 2.05) is 49.4 Å². The summed E-state index contributed by atoms with van der Waals surface area (Å²) in [5, 5.41) is 9.83. The zero-order valence-electron chi connectivity index (χ0n) is 17.8. The number of hydrogen-bond acceptors (Lipinski definition) is 5. The van der Waals surface area contributed by atoms with Gasteiger partial charge >= 0.3 is 0 Å². The minimum Gasteiger partial charge on any atom is -0.440 e. The SMILES string of the molecule is Cc1cc2c(c(=O)n1Cc1cccnc1)C(c1ccc(C(C)C)cc1)C(C#N)=C(N)O2. The van der Waals surface area contributed by atoms with Crippen LogP contribution in [-0.4, -0.2) is 9.55 Å². The van der Waals surface area contributed by atoms with E-state index in [0.717, 1.165) is 16.8 Å². The van der Waals surface area contributed by atoms with E-state index in [1.54, 1.807) is 17.0 Å². The monoisotopic (exact) mass is 412 g/mol. The van der Waals surface area contributed by atoms with E-state index in [4.69, 9.17) is 10.5 Å². The summed E-state index contributed by atoms with van der Waals surface area (Å²) in [6.07, 6.45) is 3.44. The Bertz CT molecular complexity index is 1250. The molecule has 1 atom stereocenters. The van der Waals surface area contributed by atoms with Crippen LogP contribution >= 0.6 is 0 Å². The fourth-order valence-electron chi connectivity index (χ4n) is 3.96. The van der Waals surface area contributed by atoms with Crippen LogP contribution in [0, 0.1) is 18.3 Å². The standard InChI is InChI=1S/C25H24N4O2/c1-15(2)18-6-8-19(9-7-18)22-20(12-26)24(27)31-21-11-16(3)29(25(30)23(21)22)14-17-5-4-10-28-13-17/h4-11,13,15,22H,14,27H2,1-3H3. The molecule has 1 unspecified atom stereocenters. The maximum Gasteiger partial charge on any atom is 0.259 e. The van der Waals surface area contributed by atoms with Gasteiger partial charge in [-0.3, -0.25) is 9.78 Å². The number of aromatic nitrogens is 2. The molecule has 0 aliphatic carbocycles. The van der Waals surface area contributed by atoms with E-state index < -0.39 is 5.92 Å². The van der Waals surface area contributed by atoms with Gasteiger partial charge in [0.25, 0.3) is 5.56 Å². The molecular formula is C25H24N4O2. The summed E-state index contributed by atoms with van der Waals surface area (Å²) in [4.78, 5) is 17.8. The Hall–Kier alpha value is -3.85. The normalized spacial score (nSPS) is 15.4. The second-order valence-electron chi connectivity index (χ2n) is 8.06. The lowest BCUT2D eigenvalue weighted by Crippen LogP contribution is -2.33. The van der Waals surface area contributed by atoms with Gasteiger partial charge in [-0.05, 0) is 35.6 Å². The average Bonchev–Trinajstić information content (AvgIpc) is 2.76. The minimum absolute atomic E-state index is 0.0387. The minimum atomic E-state index is -0.580. The third kappa shape index (κ3) is 3.71. The van der Waals surface area contributed by atoms with Gasteiger partial charge in [0.2, 0.25) is 5.88 Å². The number of rotatable bonds is 4. The molecule has 1 aliphatic rings. The molecule has 0 amide bonds. The molecule has 3 aromatic rings. The Balaban J connectivity index is 1.89. The quantitative estimate of drug-likeness (QED) is 0.700. The zero-order chi connectivity index (χ0) is 22.1. The molecule has 2 aromatic heterocycles. The molecule has 31 heavy (non-hydrogen) atoms. The summed E-state index contributed by atoms with van der Waals surface area (Å²) in [5.41, 5.74) is 10.2. The van der Waals surface area contributed by atoms with Gasteiger partial charge in [0.05, 0.1) is 18.0 Å². The third-order valence-corrected chi connectivity index (χ3v) is 5.69. The number of benzene rings is 1. The highest BCUT2D eigenvalue weighted by Gasteiger charge is 2.34. The van der Waals surface area contributed by atoms with Crippen LogP contribution in [0.2, 0.25) is 0 Å². The topological polar surface area (TPSA) is 93.9 Å². The predicted molar refractivity (Wildman–Crippen MR) is 119 cm³/mol. The number of pyridine rings is 2. The van der Waals surface area contributed by atoms with Crippen LogP contribution in [0.25, 0.3) is 0 Å². The van der Waals surface area contributed by atoms with Crippen molar-refractivity contribution in [2.24, 2.45) is 5.73 Å². The van der Waals surface area contributed by atoms with E-state index >= 15 is 0 Å². The summed E-state index contributed by atoms with van der Waals surface area (Å²) in [6, 6.07) is 15.7. The first kappa shape index (κ1) is 20.4. The van der Waals surface area contributed by atoms with Crippen LogP contribution in [0.3, 0.4) is 0 Å². The van der Waals surface area contributed by atoms with E-state index in [2.05, 4.69) is 24.9 Å². The highest BCUT2D eigenvalue weighted by Crippen LogP contribution is 2.40. The molecule has 4 rings (SSSR count).